The van der Waals surface area contributed by atoms with Crippen LogP contribution >= 0.6 is 0 Å². The SMILES string of the molecule is CCC(=O)N1CCN(Cc2ccccc2)CC1C. The molecule has 1 amide bonds. The summed E-state index contributed by atoms with van der Waals surface area (Å²) in [6.45, 7) is 7.88. The highest BCUT2D eigenvalue weighted by atomic mass is 16.2. The summed E-state index contributed by atoms with van der Waals surface area (Å²) in [4.78, 5) is 16.2. The molecule has 0 N–H and O–H groups in total. The fourth-order valence-electron chi connectivity index (χ4n) is 2.59. The molecule has 0 radical (unpaired) electrons. The van der Waals surface area contributed by atoms with Crippen molar-refractivity contribution in [1.82, 2.24) is 9.80 Å². The topological polar surface area (TPSA) is 23.6 Å². The Hall–Kier alpha value is -1.35. The second-order valence-corrected chi connectivity index (χ2v) is 5.01. The molecule has 1 aliphatic heterocycles. The van der Waals surface area contributed by atoms with Crippen LogP contribution in [-0.2, 0) is 11.3 Å². The van der Waals surface area contributed by atoms with E-state index in [1.54, 1.807) is 0 Å². The summed E-state index contributed by atoms with van der Waals surface area (Å²) in [6.07, 6.45) is 0.614. The van der Waals surface area contributed by atoms with E-state index in [0.29, 0.717) is 12.5 Å². The lowest BCUT2D eigenvalue weighted by Gasteiger charge is -2.39. The molecule has 0 spiro atoms. The zero-order valence-electron chi connectivity index (χ0n) is 11.3. The average Bonchev–Trinajstić information content (AvgIpc) is 2.39. The van der Waals surface area contributed by atoms with Crippen LogP contribution in [0.4, 0.5) is 0 Å². The first-order valence-corrected chi connectivity index (χ1v) is 6.76. The fraction of sp³-hybridized carbons (Fsp3) is 0.533. The first-order chi connectivity index (χ1) is 8.70. The smallest absolute Gasteiger partial charge is 0.222 e. The third-order valence-electron chi connectivity index (χ3n) is 3.58. The Morgan fingerprint density at radius 3 is 2.61 bits per heavy atom. The molecule has 2 rings (SSSR count). The summed E-state index contributed by atoms with van der Waals surface area (Å²) in [5, 5.41) is 0. The quantitative estimate of drug-likeness (QED) is 0.815. The minimum absolute atomic E-state index is 0.280. The van der Waals surface area contributed by atoms with Crippen molar-refractivity contribution in [2.45, 2.75) is 32.9 Å². The monoisotopic (exact) mass is 246 g/mol. The van der Waals surface area contributed by atoms with Gasteiger partial charge in [0.2, 0.25) is 5.91 Å². The van der Waals surface area contributed by atoms with Crippen LogP contribution < -0.4 is 0 Å². The molecule has 1 heterocycles. The van der Waals surface area contributed by atoms with Crippen molar-refractivity contribution >= 4 is 5.91 Å². The molecule has 3 heteroatoms. The van der Waals surface area contributed by atoms with E-state index in [1.165, 1.54) is 5.56 Å². The van der Waals surface area contributed by atoms with E-state index in [0.717, 1.165) is 26.2 Å². The summed E-state index contributed by atoms with van der Waals surface area (Å²) < 4.78 is 0. The van der Waals surface area contributed by atoms with Crippen LogP contribution in [0.2, 0.25) is 0 Å². The van der Waals surface area contributed by atoms with E-state index >= 15 is 0 Å². The van der Waals surface area contributed by atoms with E-state index in [4.69, 9.17) is 0 Å². The molecule has 1 fully saturated rings. The summed E-state index contributed by atoms with van der Waals surface area (Å²) in [7, 11) is 0. The Kier molecular flexibility index (Phi) is 4.37. The van der Waals surface area contributed by atoms with Crippen molar-refractivity contribution in [3.05, 3.63) is 35.9 Å². The normalized spacial score (nSPS) is 21.0. The molecule has 1 saturated heterocycles. The van der Waals surface area contributed by atoms with Crippen molar-refractivity contribution in [2.24, 2.45) is 0 Å². The Bertz CT molecular complexity index is 391. The van der Waals surface area contributed by atoms with E-state index in [-0.39, 0.29) is 5.91 Å². The number of piperazine rings is 1. The average molecular weight is 246 g/mol. The maximum atomic E-state index is 11.7. The van der Waals surface area contributed by atoms with E-state index in [2.05, 4.69) is 36.1 Å². The Morgan fingerprint density at radius 2 is 2.00 bits per heavy atom. The second kappa shape index (κ2) is 6.01. The van der Waals surface area contributed by atoms with Gasteiger partial charge in [0.25, 0.3) is 0 Å². The molecule has 1 aliphatic rings. The highest BCUT2D eigenvalue weighted by Gasteiger charge is 2.26. The molecule has 1 atom stereocenters. The summed E-state index contributed by atoms with van der Waals surface area (Å²) in [5.41, 5.74) is 1.35. The lowest BCUT2D eigenvalue weighted by Crippen LogP contribution is -2.53. The van der Waals surface area contributed by atoms with Crippen LogP contribution in [0, 0.1) is 0 Å². The number of amides is 1. The van der Waals surface area contributed by atoms with Crippen molar-refractivity contribution in [2.75, 3.05) is 19.6 Å². The molecule has 0 aliphatic carbocycles. The van der Waals surface area contributed by atoms with E-state index in [1.807, 2.05) is 17.9 Å². The van der Waals surface area contributed by atoms with Gasteiger partial charge in [0, 0.05) is 38.6 Å². The number of nitrogens with zero attached hydrogens (tertiary/aromatic N) is 2. The van der Waals surface area contributed by atoms with Crippen molar-refractivity contribution in [1.29, 1.82) is 0 Å². The number of hydrogen-bond acceptors (Lipinski definition) is 2. The summed E-state index contributed by atoms with van der Waals surface area (Å²) in [6, 6.07) is 10.9. The van der Waals surface area contributed by atoms with Gasteiger partial charge in [-0.1, -0.05) is 37.3 Å². The Morgan fingerprint density at radius 1 is 1.28 bits per heavy atom. The van der Waals surface area contributed by atoms with E-state index < -0.39 is 0 Å². The van der Waals surface area contributed by atoms with Gasteiger partial charge in [-0.15, -0.1) is 0 Å². The first kappa shape index (κ1) is 13.1. The van der Waals surface area contributed by atoms with Gasteiger partial charge in [0.15, 0.2) is 0 Å². The molecule has 1 aromatic carbocycles. The molecular formula is C15H22N2O. The van der Waals surface area contributed by atoms with Gasteiger partial charge >= 0.3 is 0 Å². The molecule has 0 saturated carbocycles. The number of carbonyl (C=O) groups is 1. The zero-order chi connectivity index (χ0) is 13.0. The molecule has 0 bridgehead atoms. The van der Waals surface area contributed by atoms with Gasteiger partial charge in [0.1, 0.15) is 0 Å². The molecule has 0 aromatic heterocycles. The number of carbonyl (C=O) groups excluding carboxylic acids is 1. The first-order valence-electron chi connectivity index (χ1n) is 6.76. The molecule has 3 nitrogen and oxygen atoms in total. The van der Waals surface area contributed by atoms with Crippen LogP contribution in [0.15, 0.2) is 30.3 Å². The van der Waals surface area contributed by atoms with Crippen molar-refractivity contribution < 1.29 is 4.79 Å². The van der Waals surface area contributed by atoms with Crippen molar-refractivity contribution in [3.8, 4) is 0 Å². The minimum atomic E-state index is 0.280. The fourth-order valence-corrected chi connectivity index (χ4v) is 2.59. The Balaban J connectivity index is 1.90. The van der Waals surface area contributed by atoms with Gasteiger partial charge in [-0.05, 0) is 12.5 Å². The largest absolute Gasteiger partial charge is 0.337 e. The third kappa shape index (κ3) is 3.10. The Labute approximate surface area is 109 Å². The number of benzene rings is 1. The van der Waals surface area contributed by atoms with Crippen LogP contribution in [0.1, 0.15) is 25.8 Å². The van der Waals surface area contributed by atoms with Gasteiger partial charge in [-0.2, -0.15) is 0 Å². The zero-order valence-corrected chi connectivity index (χ0v) is 11.3. The molecular weight excluding hydrogens is 224 g/mol. The summed E-state index contributed by atoms with van der Waals surface area (Å²) in [5.74, 6) is 0.280. The van der Waals surface area contributed by atoms with Crippen LogP contribution in [0.25, 0.3) is 0 Å². The molecule has 98 valence electrons. The maximum Gasteiger partial charge on any atom is 0.222 e. The standard InChI is InChI=1S/C15H22N2O/c1-3-15(18)17-10-9-16(11-13(17)2)12-14-7-5-4-6-8-14/h4-8,13H,3,9-12H2,1-2H3. The third-order valence-corrected chi connectivity index (χ3v) is 3.58. The van der Waals surface area contributed by atoms with Crippen LogP contribution in [0.5, 0.6) is 0 Å². The molecule has 1 unspecified atom stereocenters. The second-order valence-electron chi connectivity index (χ2n) is 5.01. The number of hydrogen-bond donors (Lipinski definition) is 0. The lowest BCUT2D eigenvalue weighted by molar-refractivity contribution is -0.135. The minimum Gasteiger partial charge on any atom is -0.337 e. The van der Waals surface area contributed by atoms with Crippen LogP contribution in [0.3, 0.4) is 0 Å². The van der Waals surface area contributed by atoms with Gasteiger partial charge in [-0.25, -0.2) is 0 Å². The molecule has 18 heavy (non-hydrogen) atoms. The lowest BCUT2D eigenvalue weighted by atomic mass is 10.1. The summed E-state index contributed by atoms with van der Waals surface area (Å²) >= 11 is 0. The predicted octanol–water partition coefficient (Wildman–Crippen LogP) is 2.13. The predicted molar refractivity (Wildman–Crippen MR) is 73.2 cm³/mol. The van der Waals surface area contributed by atoms with E-state index in [9.17, 15) is 4.79 Å². The maximum absolute atomic E-state index is 11.7. The van der Waals surface area contributed by atoms with Gasteiger partial charge in [-0.3, -0.25) is 9.69 Å². The van der Waals surface area contributed by atoms with Crippen molar-refractivity contribution in [3.63, 3.8) is 0 Å². The molecule has 1 aromatic rings. The van der Waals surface area contributed by atoms with Crippen LogP contribution in [-0.4, -0.2) is 41.4 Å². The van der Waals surface area contributed by atoms with Gasteiger partial charge < -0.3 is 4.90 Å². The highest BCUT2D eigenvalue weighted by molar-refractivity contribution is 5.76. The number of rotatable bonds is 3. The highest BCUT2D eigenvalue weighted by Crippen LogP contribution is 2.13. The van der Waals surface area contributed by atoms with Gasteiger partial charge in [0.05, 0.1) is 0 Å².